The van der Waals surface area contributed by atoms with Crippen LogP contribution < -0.4 is 10.9 Å². The molecule has 30 heavy (non-hydrogen) atoms. The SMILES string of the molecule is O=C(COC(=O)CCc1c[nH]c2ccccc12)NNC(=O)c1ccc([N+](=O)[O-])cc1. The van der Waals surface area contributed by atoms with E-state index in [9.17, 15) is 24.5 Å². The zero-order valence-corrected chi connectivity index (χ0v) is 15.7. The van der Waals surface area contributed by atoms with Gasteiger partial charge < -0.3 is 9.72 Å². The molecule has 154 valence electrons. The molecule has 0 saturated carbocycles. The number of hydrazine groups is 1. The molecule has 3 aromatic rings. The number of fused-ring (bicyclic) bond motifs is 1. The van der Waals surface area contributed by atoms with Crippen molar-refractivity contribution in [3.05, 3.63) is 76.0 Å². The highest BCUT2D eigenvalue weighted by Crippen LogP contribution is 2.19. The second kappa shape index (κ2) is 9.32. The number of nitro benzene ring substituents is 1. The number of carbonyl (C=O) groups is 3. The number of aromatic nitrogens is 1. The van der Waals surface area contributed by atoms with E-state index < -0.39 is 29.3 Å². The lowest BCUT2D eigenvalue weighted by atomic mass is 10.1. The molecule has 0 aliphatic rings. The number of aryl methyl sites for hydroxylation is 1. The van der Waals surface area contributed by atoms with Gasteiger partial charge in [-0.2, -0.15) is 0 Å². The minimum atomic E-state index is -0.717. The van der Waals surface area contributed by atoms with E-state index in [1.165, 1.54) is 24.3 Å². The molecule has 0 atom stereocenters. The summed E-state index contributed by atoms with van der Waals surface area (Å²) < 4.78 is 4.91. The molecule has 3 rings (SSSR count). The van der Waals surface area contributed by atoms with Gasteiger partial charge in [0.1, 0.15) is 0 Å². The lowest BCUT2D eigenvalue weighted by Gasteiger charge is -2.08. The van der Waals surface area contributed by atoms with Crippen LogP contribution in [0.15, 0.2) is 54.7 Å². The fraction of sp³-hybridized carbons (Fsp3) is 0.150. The fourth-order valence-electron chi connectivity index (χ4n) is 2.76. The maximum atomic E-state index is 11.9. The molecule has 10 heteroatoms. The Labute approximate surface area is 170 Å². The molecule has 2 aromatic carbocycles. The van der Waals surface area contributed by atoms with Crippen molar-refractivity contribution in [2.24, 2.45) is 0 Å². The summed E-state index contributed by atoms with van der Waals surface area (Å²) in [6.07, 6.45) is 2.39. The van der Waals surface area contributed by atoms with Crippen molar-refractivity contribution in [2.45, 2.75) is 12.8 Å². The van der Waals surface area contributed by atoms with E-state index in [2.05, 4.69) is 15.8 Å². The second-order valence-corrected chi connectivity index (χ2v) is 6.33. The first-order valence-electron chi connectivity index (χ1n) is 8.98. The van der Waals surface area contributed by atoms with E-state index >= 15 is 0 Å². The highest BCUT2D eigenvalue weighted by molar-refractivity contribution is 5.95. The van der Waals surface area contributed by atoms with Gasteiger partial charge in [-0.25, -0.2) is 0 Å². The van der Waals surface area contributed by atoms with Crippen LogP contribution in [0.2, 0.25) is 0 Å². The number of H-pyrrole nitrogens is 1. The van der Waals surface area contributed by atoms with Gasteiger partial charge in [-0.15, -0.1) is 0 Å². The molecule has 0 aliphatic heterocycles. The zero-order valence-electron chi connectivity index (χ0n) is 15.7. The maximum absolute atomic E-state index is 11.9. The Morgan fingerprint density at radius 1 is 1.03 bits per heavy atom. The Balaban J connectivity index is 1.39. The number of carbonyl (C=O) groups excluding carboxylic acids is 3. The smallest absolute Gasteiger partial charge is 0.306 e. The molecule has 1 aromatic heterocycles. The normalized spacial score (nSPS) is 10.4. The van der Waals surface area contributed by atoms with E-state index in [1.54, 1.807) is 0 Å². The van der Waals surface area contributed by atoms with Crippen molar-refractivity contribution in [1.29, 1.82) is 0 Å². The van der Waals surface area contributed by atoms with Crippen LogP contribution >= 0.6 is 0 Å². The number of nitro groups is 1. The van der Waals surface area contributed by atoms with Crippen molar-refractivity contribution in [2.75, 3.05) is 6.61 Å². The number of hydrogen-bond donors (Lipinski definition) is 3. The summed E-state index contributed by atoms with van der Waals surface area (Å²) in [5, 5.41) is 11.6. The highest BCUT2D eigenvalue weighted by Gasteiger charge is 2.12. The number of aromatic amines is 1. The van der Waals surface area contributed by atoms with Crippen molar-refractivity contribution in [1.82, 2.24) is 15.8 Å². The molecule has 0 spiro atoms. The third kappa shape index (κ3) is 5.19. The van der Waals surface area contributed by atoms with Crippen LogP contribution in [0.3, 0.4) is 0 Å². The Morgan fingerprint density at radius 2 is 1.77 bits per heavy atom. The van der Waals surface area contributed by atoms with Crippen molar-refractivity contribution < 1.29 is 24.0 Å². The van der Waals surface area contributed by atoms with Gasteiger partial charge in [-0.3, -0.25) is 35.3 Å². The standard InChI is InChI=1S/C20H18N4O6/c25-18(22-23-20(27)13-5-8-15(9-6-13)24(28)29)12-30-19(26)10-7-14-11-21-17-4-2-1-3-16(14)17/h1-6,8-9,11,21H,7,10,12H2,(H,22,25)(H,23,27). The van der Waals surface area contributed by atoms with E-state index in [4.69, 9.17) is 4.74 Å². The monoisotopic (exact) mass is 410 g/mol. The number of nitrogens with one attached hydrogen (secondary N) is 3. The summed E-state index contributed by atoms with van der Waals surface area (Å²) in [4.78, 5) is 48.6. The first-order valence-corrected chi connectivity index (χ1v) is 8.98. The minimum absolute atomic E-state index is 0.101. The van der Waals surface area contributed by atoms with E-state index in [1.807, 2.05) is 30.5 Å². The molecule has 0 radical (unpaired) electrons. The summed E-state index contributed by atoms with van der Waals surface area (Å²) >= 11 is 0. The summed E-state index contributed by atoms with van der Waals surface area (Å²) in [7, 11) is 0. The predicted molar refractivity (Wildman–Crippen MR) is 106 cm³/mol. The number of nitrogens with zero attached hydrogens (tertiary/aromatic N) is 1. The van der Waals surface area contributed by atoms with Crippen LogP contribution in [0.5, 0.6) is 0 Å². The number of non-ortho nitro benzene ring substituents is 1. The number of ether oxygens (including phenoxy) is 1. The number of amides is 2. The second-order valence-electron chi connectivity index (χ2n) is 6.33. The van der Waals surface area contributed by atoms with Gasteiger partial charge in [-0.05, 0) is 30.2 Å². The molecule has 0 fully saturated rings. The first-order chi connectivity index (χ1) is 14.4. The highest BCUT2D eigenvalue weighted by atomic mass is 16.6. The van der Waals surface area contributed by atoms with Gasteiger partial charge in [0.25, 0.3) is 17.5 Å². The van der Waals surface area contributed by atoms with E-state index in [-0.39, 0.29) is 17.7 Å². The van der Waals surface area contributed by atoms with E-state index in [0.29, 0.717) is 6.42 Å². The molecule has 0 bridgehead atoms. The van der Waals surface area contributed by atoms with Gasteiger partial charge >= 0.3 is 5.97 Å². The summed E-state index contributed by atoms with van der Waals surface area (Å²) in [5.74, 6) is -1.92. The number of hydrogen-bond acceptors (Lipinski definition) is 6. The van der Waals surface area contributed by atoms with Crippen LogP contribution in [0.25, 0.3) is 10.9 Å². The van der Waals surface area contributed by atoms with Gasteiger partial charge in [0.05, 0.1) is 4.92 Å². The third-order valence-electron chi connectivity index (χ3n) is 4.29. The fourth-order valence-corrected chi connectivity index (χ4v) is 2.76. The van der Waals surface area contributed by atoms with E-state index in [0.717, 1.165) is 16.5 Å². The summed E-state index contributed by atoms with van der Waals surface area (Å²) in [6, 6.07) is 12.6. The lowest BCUT2D eigenvalue weighted by molar-refractivity contribution is -0.384. The van der Waals surface area contributed by atoms with Crippen LogP contribution in [0, 0.1) is 10.1 Å². The maximum Gasteiger partial charge on any atom is 0.306 e. The quantitative estimate of drug-likeness (QED) is 0.309. The molecule has 3 N–H and O–H groups in total. The number of para-hydroxylation sites is 1. The van der Waals surface area contributed by atoms with Crippen LogP contribution in [0.4, 0.5) is 5.69 Å². The average molecular weight is 410 g/mol. The third-order valence-corrected chi connectivity index (χ3v) is 4.29. The molecular formula is C20H18N4O6. The topological polar surface area (TPSA) is 143 Å². The molecule has 0 unspecified atom stereocenters. The molecule has 2 amide bonds. The Kier molecular flexibility index (Phi) is 6.38. The van der Waals surface area contributed by atoms with Gasteiger partial charge in [0.15, 0.2) is 6.61 Å². The number of rotatable bonds is 7. The minimum Gasteiger partial charge on any atom is -0.455 e. The van der Waals surface area contributed by atoms with Crippen LogP contribution in [-0.4, -0.2) is 34.3 Å². The van der Waals surface area contributed by atoms with Gasteiger partial charge in [-0.1, -0.05) is 18.2 Å². The van der Waals surface area contributed by atoms with Gasteiger partial charge in [0, 0.05) is 41.2 Å². The molecular weight excluding hydrogens is 392 g/mol. The summed E-state index contributed by atoms with van der Waals surface area (Å²) in [5.41, 5.74) is 6.17. The Bertz CT molecular complexity index is 1090. The molecule has 1 heterocycles. The number of benzene rings is 2. The largest absolute Gasteiger partial charge is 0.455 e. The summed E-state index contributed by atoms with van der Waals surface area (Å²) in [6.45, 7) is -0.548. The van der Waals surface area contributed by atoms with Crippen molar-refractivity contribution in [3.63, 3.8) is 0 Å². The molecule has 0 saturated heterocycles. The number of esters is 1. The van der Waals surface area contributed by atoms with Crippen LogP contribution in [0.1, 0.15) is 22.3 Å². The zero-order chi connectivity index (χ0) is 21.5. The Hall–Kier alpha value is -4.21. The van der Waals surface area contributed by atoms with Crippen molar-refractivity contribution >= 4 is 34.4 Å². The van der Waals surface area contributed by atoms with Crippen LogP contribution in [-0.2, 0) is 20.7 Å². The molecule has 10 nitrogen and oxygen atoms in total. The average Bonchev–Trinajstić information content (AvgIpc) is 3.17. The predicted octanol–water partition coefficient (Wildman–Crippen LogP) is 2.01. The molecule has 0 aliphatic carbocycles. The Morgan fingerprint density at radius 3 is 2.50 bits per heavy atom. The first kappa shape index (κ1) is 20.5. The van der Waals surface area contributed by atoms with Gasteiger partial charge in [0.2, 0.25) is 0 Å². The van der Waals surface area contributed by atoms with Crippen molar-refractivity contribution in [3.8, 4) is 0 Å². The lowest BCUT2D eigenvalue weighted by Crippen LogP contribution is -2.43.